The summed E-state index contributed by atoms with van der Waals surface area (Å²) in [4.78, 5) is 7.20. The fourth-order valence-corrected chi connectivity index (χ4v) is 4.33. The van der Waals surface area contributed by atoms with Crippen LogP contribution in [0.1, 0.15) is 26.5 Å². The van der Waals surface area contributed by atoms with Crippen LogP contribution in [0, 0.1) is 13.8 Å². The maximum atomic E-state index is 4.62. The van der Waals surface area contributed by atoms with Crippen LogP contribution in [0.15, 0.2) is 15.9 Å². The second-order valence-corrected chi connectivity index (χ2v) is 6.58. The first kappa shape index (κ1) is 12.2. The fraction of sp³-hybridized carbons (Fsp3) is 0.364. The number of halogens is 1. The maximum absolute atomic E-state index is 4.62. The Kier molecular flexibility index (Phi) is 3.79. The highest BCUT2D eigenvalue weighted by Gasteiger charge is 2.20. The molecule has 1 unspecified atom stereocenters. The lowest BCUT2D eigenvalue weighted by Gasteiger charge is -2.12. The molecule has 1 N–H and O–H groups in total. The highest BCUT2D eigenvalue weighted by atomic mass is 79.9. The summed E-state index contributed by atoms with van der Waals surface area (Å²) < 4.78 is 1.15. The van der Waals surface area contributed by atoms with E-state index in [0.29, 0.717) is 0 Å². The minimum absolute atomic E-state index is 0.201. The van der Waals surface area contributed by atoms with Crippen molar-refractivity contribution in [3.63, 3.8) is 0 Å². The van der Waals surface area contributed by atoms with Crippen LogP contribution in [0.3, 0.4) is 0 Å². The molecule has 2 rings (SSSR count). The summed E-state index contributed by atoms with van der Waals surface area (Å²) in [5.41, 5.74) is 1.13. The minimum atomic E-state index is 0.201. The summed E-state index contributed by atoms with van der Waals surface area (Å²) in [6.45, 7) is 4.18. The SMILES string of the molecule is CNC(c1nc(C)c(C)s1)c1sccc1Br. The summed E-state index contributed by atoms with van der Waals surface area (Å²) in [6.07, 6.45) is 0. The summed E-state index contributed by atoms with van der Waals surface area (Å²) in [5.74, 6) is 0. The van der Waals surface area contributed by atoms with Crippen LogP contribution < -0.4 is 5.32 Å². The Hall–Kier alpha value is -0.230. The third kappa shape index (κ3) is 2.22. The van der Waals surface area contributed by atoms with E-state index in [1.165, 1.54) is 9.75 Å². The van der Waals surface area contributed by atoms with Gasteiger partial charge in [0.15, 0.2) is 0 Å². The van der Waals surface area contributed by atoms with Gasteiger partial charge < -0.3 is 5.32 Å². The molecule has 0 saturated carbocycles. The van der Waals surface area contributed by atoms with E-state index in [4.69, 9.17) is 0 Å². The Morgan fingerprint density at radius 3 is 2.62 bits per heavy atom. The van der Waals surface area contributed by atoms with Crippen molar-refractivity contribution >= 4 is 38.6 Å². The Morgan fingerprint density at radius 2 is 2.19 bits per heavy atom. The quantitative estimate of drug-likeness (QED) is 0.929. The number of aromatic nitrogens is 1. The average Bonchev–Trinajstić information content (AvgIpc) is 2.78. The van der Waals surface area contributed by atoms with E-state index in [0.717, 1.165) is 15.2 Å². The number of nitrogens with one attached hydrogen (secondary N) is 1. The zero-order valence-electron chi connectivity index (χ0n) is 9.37. The zero-order valence-corrected chi connectivity index (χ0v) is 12.6. The number of hydrogen-bond donors (Lipinski definition) is 1. The van der Waals surface area contributed by atoms with E-state index in [1.54, 1.807) is 22.7 Å². The monoisotopic (exact) mass is 316 g/mol. The normalized spacial score (nSPS) is 13.0. The van der Waals surface area contributed by atoms with Gasteiger partial charge in [-0.15, -0.1) is 22.7 Å². The molecule has 0 aliphatic heterocycles. The average molecular weight is 317 g/mol. The molecule has 0 radical (unpaired) electrons. The third-order valence-corrected chi connectivity index (χ3v) is 5.56. The molecule has 1 atom stereocenters. The fourth-order valence-electron chi connectivity index (χ4n) is 1.50. The number of nitrogens with zero attached hydrogens (tertiary/aromatic N) is 1. The first-order valence-electron chi connectivity index (χ1n) is 4.97. The van der Waals surface area contributed by atoms with E-state index in [2.05, 4.69) is 51.5 Å². The van der Waals surface area contributed by atoms with Gasteiger partial charge in [0.2, 0.25) is 0 Å². The molecule has 16 heavy (non-hydrogen) atoms. The van der Waals surface area contributed by atoms with Gasteiger partial charge in [-0.2, -0.15) is 0 Å². The predicted octanol–water partition coefficient (Wildman–Crippen LogP) is 3.89. The van der Waals surface area contributed by atoms with Gasteiger partial charge in [0, 0.05) is 14.2 Å². The van der Waals surface area contributed by atoms with E-state index in [-0.39, 0.29) is 6.04 Å². The van der Waals surface area contributed by atoms with Crippen LogP contribution in [0.2, 0.25) is 0 Å². The second kappa shape index (κ2) is 4.96. The summed E-state index contributed by atoms with van der Waals surface area (Å²) in [5, 5.41) is 6.56. The van der Waals surface area contributed by atoms with Crippen LogP contribution in [0.5, 0.6) is 0 Å². The van der Waals surface area contributed by atoms with E-state index in [1.807, 2.05) is 7.05 Å². The molecule has 0 saturated heterocycles. The van der Waals surface area contributed by atoms with Crippen molar-refractivity contribution in [1.82, 2.24) is 10.3 Å². The van der Waals surface area contributed by atoms with Gasteiger partial charge in [0.25, 0.3) is 0 Å². The first-order chi connectivity index (χ1) is 7.63. The number of thiazole rings is 1. The molecule has 2 aromatic heterocycles. The summed E-state index contributed by atoms with van der Waals surface area (Å²) >= 11 is 7.09. The molecular formula is C11H13BrN2S2. The lowest BCUT2D eigenvalue weighted by Crippen LogP contribution is -2.16. The van der Waals surface area contributed by atoms with Crippen LogP contribution in [0.25, 0.3) is 0 Å². The first-order valence-corrected chi connectivity index (χ1v) is 7.46. The highest BCUT2D eigenvalue weighted by Crippen LogP contribution is 2.35. The maximum Gasteiger partial charge on any atom is 0.116 e. The topological polar surface area (TPSA) is 24.9 Å². The number of rotatable bonds is 3. The van der Waals surface area contributed by atoms with E-state index >= 15 is 0 Å². The minimum Gasteiger partial charge on any atom is -0.307 e. The lowest BCUT2D eigenvalue weighted by atomic mass is 10.2. The third-order valence-electron chi connectivity index (χ3n) is 2.49. The standard InChI is InChI=1S/C11H13BrN2S2/c1-6-7(2)16-11(14-6)9(13-3)10-8(12)4-5-15-10/h4-5,9,13H,1-3H3. The summed E-state index contributed by atoms with van der Waals surface area (Å²) in [6, 6.07) is 2.28. The highest BCUT2D eigenvalue weighted by molar-refractivity contribution is 9.10. The Balaban J connectivity index is 2.40. The van der Waals surface area contributed by atoms with Crippen molar-refractivity contribution < 1.29 is 0 Å². The van der Waals surface area contributed by atoms with Crippen molar-refractivity contribution in [2.45, 2.75) is 19.9 Å². The molecule has 0 bridgehead atoms. The van der Waals surface area contributed by atoms with Gasteiger partial charge in [-0.05, 0) is 48.3 Å². The molecular weight excluding hydrogens is 304 g/mol. The van der Waals surface area contributed by atoms with Crippen LogP contribution >= 0.6 is 38.6 Å². The van der Waals surface area contributed by atoms with Crippen molar-refractivity contribution in [3.8, 4) is 0 Å². The van der Waals surface area contributed by atoms with Gasteiger partial charge in [-0.3, -0.25) is 0 Å². The van der Waals surface area contributed by atoms with Crippen molar-refractivity contribution in [2.75, 3.05) is 7.05 Å². The molecule has 0 aliphatic rings. The molecule has 0 spiro atoms. The van der Waals surface area contributed by atoms with Crippen molar-refractivity contribution in [3.05, 3.63) is 36.4 Å². The van der Waals surface area contributed by atoms with Crippen molar-refractivity contribution in [1.29, 1.82) is 0 Å². The number of hydrogen-bond acceptors (Lipinski definition) is 4. The Bertz CT molecular complexity index is 470. The molecule has 0 aromatic carbocycles. The lowest BCUT2D eigenvalue weighted by molar-refractivity contribution is 0.694. The Labute approximate surface area is 112 Å². The molecule has 0 fully saturated rings. The molecule has 5 heteroatoms. The Morgan fingerprint density at radius 1 is 1.44 bits per heavy atom. The van der Waals surface area contributed by atoms with Gasteiger partial charge in [0.05, 0.1) is 11.7 Å². The molecule has 2 aromatic rings. The number of aryl methyl sites for hydroxylation is 2. The molecule has 0 aliphatic carbocycles. The molecule has 0 amide bonds. The van der Waals surface area contributed by atoms with Crippen LogP contribution in [-0.2, 0) is 0 Å². The van der Waals surface area contributed by atoms with Crippen LogP contribution in [-0.4, -0.2) is 12.0 Å². The largest absolute Gasteiger partial charge is 0.307 e. The van der Waals surface area contributed by atoms with Gasteiger partial charge in [0.1, 0.15) is 5.01 Å². The van der Waals surface area contributed by atoms with Gasteiger partial charge >= 0.3 is 0 Å². The predicted molar refractivity (Wildman–Crippen MR) is 74.5 cm³/mol. The molecule has 86 valence electrons. The number of thiophene rings is 1. The van der Waals surface area contributed by atoms with Crippen LogP contribution in [0.4, 0.5) is 0 Å². The second-order valence-electron chi connectivity index (χ2n) is 3.55. The van der Waals surface area contributed by atoms with Crippen molar-refractivity contribution in [2.24, 2.45) is 0 Å². The van der Waals surface area contributed by atoms with Gasteiger partial charge in [-0.1, -0.05) is 0 Å². The van der Waals surface area contributed by atoms with Gasteiger partial charge in [-0.25, -0.2) is 4.98 Å². The van der Waals surface area contributed by atoms with E-state index in [9.17, 15) is 0 Å². The summed E-state index contributed by atoms with van der Waals surface area (Å²) in [7, 11) is 1.98. The molecule has 2 heterocycles. The smallest absolute Gasteiger partial charge is 0.116 e. The van der Waals surface area contributed by atoms with E-state index < -0.39 is 0 Å². The molecule has 2 nitrogen and oxygen atoms in total. The zero-order chi connectivity index (χ0) is 11.7.